The Morgan fingerprint density at radius 1 is 1.16 bits per heavy atom. The van der Waals surface area contributed by atoms with E-state index in [0.29, 0.717) is 16.9 Å². The number of methoxy groups -OCH3 is 1. The molecule has 130 valence electrons. The van der Waals surface area contributed by atoms with Crippen molar-refractivity contribution in [1.82, 2.24) is 5.32 Å². The first-order chi connectivity index (χ1) is 12.0. The van der Waals surface area contributed by atoms with Crippen LogP contribution in [0.15, 0.2) is 48.5 Å². The molecule has 7 heteroatoms. The highest BCUT2D eigenvalue weighted by atomic mass is 19.3. The largest absolute Gasteiger partial charge is 0.496 e. The van der Waals surface area contributed by atoms with Crippen LogP contribution in [-0.4, -0.2) is 19.6 Å². The van der Waals surface area contributed by atoms with Gasteiger partial charge in [0.25, 0.3) is 0 Å². The second kappa shape index (κ2) is 8.64. The number of carbonyl (C=O) groups is 1. The van der Waals surface area contributed by atoms with E-state index < -0.39 is 18.6 Å². The van der Waals surface area contributed by atoms with Gasteiger partial charge in [-0.25, -0.2) is 0 Å². The summed E-state index contributed by atoms with van der Waals surface area (Å²) < 4.78 is 34.4. The molecule has 5 nitrogen and oxygen atoms in total. The first kappa shape index (κ1) is 18.2. The number of nitrogens with one attached hydrogen (secondary N) is 1. The number of alkyl halides is 2. The maximum atomic E-state index is 12.4. The standard InChI is InChI=1S/C18H16F2N2O3/c1-24-16-9-5-3-7-13(16)14(11-21)22-17(23)10-12-6-2-4-8-15(12)25-18(19)20/h2-9,14,18H,10H2,1H3,(H,22,23)/t14-/m0/s1. The number of ether oxygens (including phenoxy) is 2. The quantitative estimate of drug-likeness (QED) is 0.836. The second-order valence-corrected chi connectivity index (χ2v) is 5.03. The van der Waals surface area contributed by atoms with Gasteiger partial charge in [0.2, 0.25) is 5.91 Å². The van der Waals surface area contributed by atoms with Crippen LogP contribution in [0.5, 0.6) is 11.5 Å². The van der Waals surface area contributed by atoms with E-state index in [4.69, 9.17) is 4.74 Å². The summed E-state index contributed by atoms with van der Waals surface area (Å²) in [6, 6.07) is 13.9. The smallest absolute Gasteiger partial charge is 0.387 e. The third-order valence-corrected chi connectivity index (χ3v) is 3.42. The van der Waals surface area contributed by atoms with E-state index in [-0.39, 0.29) is 12.2 Å². The van der Waals surface area contributed by atoms with Crippen molar-refractivity contribution in [3.63, 3.8) is 0 Å². The summed E-state index contributed by atoms with van der Waals surface area (Å²) in [4.78, 5) is 12.2. The summed E-state index contributed by atoms with van der Waals surface area (Å²) in [6.45, 7) is -2.98. The number of hydrogen-bond acceptors (Lipinski definition) is 4. The Hall–Kier alpha value is -3.14. The van der Waals surface area contributed by atoms with Crippen LogP contribution in [0.2, 0.25) is 0 Å². The highest BCUT2D eigenvalue weighted by Crippen LogP contribution is 2.25. The molecule has 0 saturated carbocycles. The van der Waals surface area contributed by atoms with Crippen LogP contribution in [0.4, 0.5) is 8.78 Å². The molecule has 0 radical (unpaired) electrons. The average Bonchev–Trinajstić information content (AvgIpc) is 2.61. The molecule has 0 aliphatic carbocycles. The van der Waals surface area contributed by atoms with Gasteiger partial charge in [-0.2, -0.15) is 14.0 Å². The van der Waals surface area contributed by atoms with Crippen molar-refractivity contribution in [2.24, 2.45) is 0 Å². The van der Waals surface area contributed by atoms with Crippen LogP contribution in [0.1, 0.15) is 17.2 Å². The predicted octanol–water partition coefficient (Wildman–Crippen LogP) is 3.22. The topological polar surface area (TPSA) is 71.3 Å². The van der Waals surface area contributed by atoms with Crippen molar-refractivity contribution in [2.75, 3.05) is 7.11 Å². The van der Waals surface area contributed by atoms with Gasteiger partial charge in [-0.3, -0.25) is 4.79 Å². The average molecular weight is 346 g/mol. The van der Waals surface area contributed by atoms with Crippen molar-refractivity contribution in [3.8, 4) is 17.6 Å². The minimum Gasteiger partial charge on any atom is -0.496 e. The number of amides is 1. The normalized spacial score (nSPS) is 11.5. The molecule has 0 aliphatic heterocycles. The minimum atomic E-state index is -2.98. The fraction of sp³-hybridized carbons (Fsp3) is 0.222. The molecule has 2 aromatic rings. The Bertz CT molecular complexity index is 775. The van der Waals surface area contributed by atoms with Crippen molar-refractivity contribution in [1.29, 1.82) is 5.26 Å². The summed E-state index contributed by atoms with van der Waals surface area (Å²) in [5.74, 6) is -0.1000. The van der Waals surface area contributed by atoms with Gasteiger partial charge in [0, 0.05) is 11.1 Å². The zero-order valence-electron chi connectivity index (χ0n) is 13.4. The van der Waals surface area contributed by atoms with Crippen molar-refractivity contribution < 1.29 is 23.0 Å². The van der Waals surface area contributed by atoms with E-state index in [0.717, 1.165) is 0 Å². The third-order valence-electron chi connectivity index (χ3n) is 3.42. The number of rotatable bonds is 7. The SMILES string of the molecule is COc1ccccc1[C@H](C#N)NC(=O)Cc1ccccc1OC(F)F. The Morgan fingerprint density at radius 3 is 2.44 bits per heavy atom. The van der Waals surface area contributed by atoms with Crippen molar-refractivity contribution in [2.45, 2.75) is 19.1 Å². The molecule has 1 atom stereocenters. The number of benzene rings is 2. The van der Waals surface area contributed by atoms with Gasteiger partial charge in [0.05, 0.1) is 19.6 Å². The van der Waals surface area contributed by atoms with Crippen LogP contribution in [-0.2, 0) is 11.2 Å². The molecule has 0 spiro atoms. The highest BCUT2D eigenvalue weighted by molar-refractivity contribution is 5.80. The third kappa shape index (κ3) is 4.91. The summed E-state index contributed by atoms with van der Waals surface area (Å²) >= 11 is 0. The van der Waals surface area contributed by atoms with Crippen LogP contribution >= 0.6 is 0 Å². The fourth-order valence-corrected chi connectivity index (χ4v) is 2.33. The lowest BCUT2D eigenvalue weighted by Gasteiger charge is -2.16. The summed E-state index contributed by atoms with van der Waals surface area (Å²) in [6.07, 6.45) is -0.198. The molecule has 2 aromatic carbocycles. The van der Waals surface area contributed by atoms with E-state index >= 15 is 0 Å². The van der Waals surface area contributed by atoms with Crippen LogP contribution in [0.25, 0.3) is 0 Å². The lowest BCUT2D eigenvalue weighted by molar-refractivity contribution is -0.121. The van der Waals surface area contributed by atoms with Gasteiger partial charge >= 0.3 is 6.61 Å². The Balaban J connectivity index is 2.13. The van der Waals surface area contributed by atoms with E-state index in [9.17, 15) is 18.8 Å². The van der Waals surface area contributed by atoms with Gasteiger partial charge in [-0.15, -0.1) is 0 Å². The van der Waals surface area contributed by atoms with E-state index in [2.05, 4.69) is 10.1 Å². The summed E-state index contributed by atoms with van der Waals surface area (Å²) in [5.41, 5.74) is 0.815. The number of halogens is 2. The molecule has 1 N–H and O–H groups in total. The lowest BCUT2D eigenvalue weighted by atomic mass is 10.1. The molecule has 0 bridgehead atoms. The molecule has 0 aromatic heterocycles. The number of para-hydroxylation sites is 2. The fourth-order valence-electron chi connectivity index (χ4n) is 2.33. The van der Waals surface area contributed by atoms with Crippen LogP contribution in [0.3, 0.4) is 0 Å². The maximum Gasteiger partial charge on any atom is 0.387 e. The van der Waals surface area contributed by atoms with Crippen molar-refractivity contribution in [3.05, 3.63) is 59.7 Å². The molecule has 0 fully saturated rings. The molecule has 0 unspecified atom stereocenters. The Labute approximate surface area is 143 Å². The zero-order chi connectivity index (χ0) is 18.2. The zero-order valence-corrected chi connectivity index (χ0v) is 13.4. The second-order valence-electron chi connectivity index (χ2n) is 5.03. The molecule has 0 heterocycles. The molecule has 0 saturated heterocycles. The number of nitriles is 1. The van der Waals surface area contributed by atoms with Crippen LogP contribution < -0.4 is 14.8 Å². The summed E-state index contributed by atoms with van der Waals surface area (Å²) in [5, 5.41) is 11.9. The molecular weight excluding hydrogens is 330 g/mol. The molecule has 2 rings (SSSR count). The molecule has 25 heavy (non-hydrogen) atoms. The molecule has 0 aliphatic rings. The van der Waals surface area contributed by atoms with E-state index in [1.807, 2.05) is 6.07 Å². The lowest BCUT2D eigenvalue weighted by Crippen LogP contribution is -2.29. The number of hydrogen-bond donors (Lipinski definition) is 1. The maximum absolute atomic E-state index is 12.4. The van der Waals surface area contributed by atoms with Gasteiger partial charge in [-0.1, -0.05) is 36.4 Å². The Kier molecular flexibility index (Phi) is 6.29. The van der Waals surface area contributed by atoms with Gasteiger partial charge in [0.1, 0.15) is 17.5 Å². The summed E-state index contributed by atoms with van der Waals surface area (Å²) in [7, 11) is 1.47. The van der Waals surface area contributed by atoms with E-state index in [1.54, 1.807) is 30.3 Å². The van der Waals surface area contributed by atoms with Crippen LogP contribution in [0, 0.1) is 11.3 Å². The van der Waals surface area contributed by atoms with Crippen molar-refractivity contribution >= 4 is 5.91 Å². The van der Waals surface area contributed by atoms with Gasteiger partial charge in [0.15, 0.2) is 0 Å². The minimum absolute atomic E-state index is 0.0709. The molecule has 1 amide bonds. The predicted molar refractivity (Wildman–Crippen MR) is 86.3 cm³/mol. The molecular formula is C18H16F2N2O3. The van der Waals surface area contributed by atoms with Gasteiger partial charge < -0.3 is 14.8 Å². The number of nitrogens with zero attached hydrogens (tertiary/aromatic N) is 1. The number of carbonyl (C=O) groups excluding carboxylic acids is 1. The van der Waals surface area contributed by atoms with E-state index in [1.165, 1.54) is 25.3 Å². The monoisotopic (exact) mass is 346 g/mol. The first-order valence-corrected chi connectivity index (χ1v) is 7.39. The van der Waals surface area contributed by atoms with Gasteiger partial charge in [-0.05, 0) is 12.1 Å². The highest BCUT2D eigenvalue weighted by Gasteiger charge is 2.19. The first-order valence-electron chi connectivity index (χ1n) is 7.39. The Morgan fingerprint density at radius 2 is 1.80 bits per heavy atom.